The van der Waals surface area contributed by atoms with Gasteiger partial charge in [0.1, 0.15) is 29.9 Å². The predicted octanol–water partition coefficient (Wildman–Crippen LogP) is -0.624. The van der Waals surface area contributed by atoms with E-state index in [0.29, 0.717) is 17.9 Å². The summed E-state index contributed by atoms with van der Waals surface area (Å²) in [4.78, 5) is 48.9. The molecule has 2 aliphatic heterocycles. The molecular formula is C16H20N6O5S2. The van der Waals surface area contributed by atoms with Crippen LogP contribution in [0, 0.1) is 0 Å². The highest BCUT2D eigenvalue weighted by Crippen LogP contribution is 2.40. The van der Waals surface area contributed by atoms with Gasteiger partial charge in [0, 0.05) is 17.7 Å². The van der Waals surface area contributed by atoms with Crippen molar-refractivity contribution in [3.63, 3.8) is 0 Å². The number of anilines is 1. The van der Waals surface area contributed by atoms with E-state index in [9.17, 15) is 19.5 Å². The Hall–Kier alpha value is -2.64. The van der Waals surface area contributed by atoms with Gasteiger partial charge in [-0.25, -0.2) is 9.78 Å². The van der Waals surface area contributed by atoms with Gasteiger partial charge in [0.15, 0.2) is 10.8 Å². The van der Waals surface area contributed by atoms with E-state index in [4.69, 9.17) is 10.6 Å². The van der Waals surface area contributed by atoms with Crippen molar-refractivity contribution >= 4 is 51.7 Å². The van der Waals surface area contributed by atoms with Crippen LogP contribution in [0.2, 0.25) is 0 Å². The zero-order valence-corrected chi connectivity index (χ0v) is 17.5. The number of thioether (sulfide) groups is 1. The van der Waals surface area contributed by atoms with E-state index in [1.165, 1.54) is 23.8 Å². The largest absolute Gasteiger partial charge is 0.477 e. The molecule has 1 fully saturated rings. The van der Waals surface area contributed by atoms with E-state index in [2.05, 4.69) is 15.5 Å². The first-order valence-corrected chi connectivity index (χ1v) is 10.4. The normalized spacial score (nSPS) is 21.7. The molecule has 29 heavy (non-hydrogen) atoms. The number of nitrogens with zero attached hydrogens (tertiary/aromatic N) is 4. The quantitative estimate of drug-likeness (QED) is 0.286. The molecule has 0 spiro atoms. The molecule has 3 heterocycles. The van der Waals surface area contributed by atoms with Gasteiger partial charge in [-0.3, -0.25) is 14.5 Å². The van der Waals surface area contributed by atoms with Gasteiger partial charge < -0.3 is 25.9 Å². The van der Waals surface area contributed by atoms with Crippen molar-refractivity contribution in [1.29, 1.82) is 0 Å². The fourth-order valence-corrected chi connectivity index (χ4v) is 4.97. The van der Waals surface area contributed by atoms with Crippen LogP contribution in [0.4, 0.5) is 5.13 Å². The summed E-state index contributed by atoms with van der Waals surface area (Å²) in [6, 6.07) is -0.874. The topological polar surface area (TPSA) is 150 Å². The van der Waals surface area contributed by atoms with E-state index in [-0.39, 0.29) is 22.2 Å². The van der Waals surface area contributed by atoms with Crippen LogP contribution in [-0.4, -0.2) is 88.3 Å². The number of likely N-dealkylation sites (N-methyl/N-ethyl adjacent to an activating group) is 1. The summed E-state index contributed by atoms with van der Waals surface area (Å²) in [7, 11) is 4.94. The summed E-state index contributed by atoms with van der Waals surface area (Å²) in [6.45, 7) is 0.429. The van der Waals surface area contributed by atoms with Gasteiger partial charge in [-0.2, -0.15) is 0 Å². The number of aliphatic carboxylic acids is 1. The first-order chi connectivity index (χ1) is 13.7. The van der Waals surface area contributed by atoms with Crippen LogP contribution in [0.1, 0.15) is 5.69 Å². The van der Waals surface area contributed by atoms with E-state index in [1.807, 2.05) is 19.0 Å². The maximum Gasteiger partial charge on any atom is 0.352 e. The van der Waals surface area contributed by atoms with Gasteiger partial charge in [-0.15, -0.1) is 23.1 Å². The van der Waals surface area contributed by atoms with E-state index in [0.717, 1.165) is 11.3 Å². The van der Waals surface area contributed by atoms with Gasteiger partial charge in [0.05, 0.1) is 0 Å². The number of carbonyl (C=O) groups is 3. The summed E-state index contributed by atoms with van der Waals surface area (Å²) in [6.07, 6.45) is 0. The second-order valence-electron chi connectivity index (χ2n) is 6.55. The lowest BCUT2D eigenvalue weighted by atomic mass is 10.0. The number of carbonyl (C=O) groups excluding carboxylic acids is 2. The Bertz CT molecular complexity index is 911. The maximum atomic E-state index is 12.7. The minimum Gasteiger partial charge on any atom is -0.477 e. The fraction of sp³-hybridized carbons (Fsp3) is 0.438. The molecule has 13 heteroatoms. The number of nitrogens with one attached hydrogen (secondary N) is 1. The third kappa shape index (κ3) is 4.06. The van der Waals surface area contributed by atoms with Crippen molar-refractivity contribution in [2.75, 3.05) is 39.2 Å². The monoisotopic (exact) mass is 440 g/mol. The molecule has 0 radical (unpaired) electrons. The van der Waals surface area contributed by atoms with Crippen LogP contribution in [0.25, 0.3) is 0 Å². The number of aromatic nitrogens is 1. The molecule has 0 bridgehead atoms. The SMILES string of the molecule is CO/N=C(\C(=O)N[C@@H]1C(=O)N2C(C(=O)O)=C(CN(C)C)CS[C@H]12)c1csc(N)n1. The van der Waals surface area contributed by atoms with Gasteiger partial charge >= 0.3 is 5.97 Å². The van der Waals surface area contributed by atoms with Crippen LogP contribution in [0.15, 0.2) is 21.8 Å². The molecule has 156 valence electrons. The van der Waals surface area contributed by atoms with Crippen molar-refractivity contribution in [2.45, 2.75) is 11.4 Å². The van der Waals surface area contributed by atoms with Crippen LogP contribution in [0.3, 0.4) is 0 Å². The molecule has 2 amide bonds. The highest BCUT2D eigenvalue weighted by molar-refractivity contribution is 8.00. The minimum atomic E-state index is -1.16. The molecule has 3 rings (SSSR count). The van der Waals surface area contributed by atoms with Gasteiger partial charge in [0.2, 0.25) is 0 Å². The Morgan fingerprint density at radius 1 is 1.52 bits per heavy atom. The third-order valence-electron chi connectivity index (χ3n) is 4.21. The lowest BCUT2D eigenvalue weighted by molar-refractivity contribution is -0.150. The smallest absolute Gasteiger partial charge is 0.352 e. The zero-order valence-electron chi connectivity index (χ0n) is 15.9. The highest BCUT2D eigenvalue weighted by atomic mass is 32.2. The van der Waals surface area contributed by atoms with E-state index < -0.39 is 29.2 Å². The summed E-state index contributed by atoms with van der Waals surface area (Å²) in [5.41, 5.74) is 6.35. The van der Waals surface area contributed by atoms with Crippen molar-refractivity contribution in [3.8, 4) is 0 Å². The molecule has 0 aliphatic carbocycles. The number of fused-ring (bicyclic) bond motifs is 1. The number of hydrogen-bond donors (Lipinski definition) is 3. The highest BCUT2D eigenvalue weighted by Gasteiger charge is 2.54. The number of rotatable bonds is 7. The fourth-order valence-electron chi connectivity index (χ4n) is 3.09. The summed E-state index contributed by atoms with van der Waals surface area (Å²) < 4.78 is 0. The number of β-lactam (4-membered cyclic amide) rings is 1. The third-order valence-corrected chi connectivity index (χ3v) is 6.22. The Kier molecular flexibility index (Phi) is 6.10. The first-order valence-electron chi connectivity index (χ1n) is 8.42. The van der Waals surface area contributed by atoms with Crippen molar-refractivity contribution in [1.82, 2.24) is 20.1 Å². The molecule has 0 saturated carbocycles. The summed E-state index contributed by atoms with van der Waals surface area (Å²) in [5.74, 6) is -1.86. The second kappa shape index (κ2) is 8.39. The Morgan fingerprint density at radius 2 is 2.24 bits per heavy atom. The molecule has 4 N–H and O–H groups in total. The van der Waals surface area contributed by atoms with Gasteiger partial charge in [-0.05, 0) is 19.7 Å². The molecule has 2 atom stereocenters. The maximum absolute atomic E-state index is 12.7. The van der Waals surface area contributed by atoms with Crippen LogP contribution < -0.4 is 11.1 Å². The van der Waals surface area contributed by atoms with Crippen molar-refractivity contribution in [2.24, 2.45) is 5.16 Å². The lowest BCUT2D eigenvalue weighted by Crippen LogP contribution is -2.71. The number of oxime groups is 1. The summed E-state index contributed by atoms with van der Waals surface area (Å²) >= 11 is 2.54. The number of nitrogen functional groups attached to an aromatic ring is 1. The second-order valence-corrected chi connectivity index (χ2v) is 8.54. The predicted molar refractivity (Wildman–Crippen MR) is 108 cm³/mol. The first kappa shape index (κ1) is 21.1. The Labute approximate surface area is 174 Å². The number of carboxylic acids is 1. The average Bonchev–Trinajstić information content (AvgIpc) is 3.08. The minimum absolute atomic E-state index is 0.0176. The van der Waals surface area contributed by atoms with E-state index in [1.54, 1.807) is 5.38 Å². The molecule has 1 aromatic heterocycles. The molecule has 1 saturated heterocycles. The van der Waals surface area contributed by atoms with Crippen molar-refractivity contribution < 1.29 is 24.3 Å². The number of carboxylic acid groups (broad SMARTS) is 1. The number of thiazole rings is 1. The van der Waals surface area contributed by atoms with Crippen molar-refractivity contribution in [3.05, 3.63) is 22.3 Å². The Balaban J connectivity index is 1.79. The number of amides is 2. The zero-order chi connectivity index (χ0) is 21.3. The number of hydrogen-bond acceptors (Lipinski definition) is 10. The molecule has 2 aliphatic rings. The van der Waals surface area contributed by atoms with Gasteiger partial charge in [0.25, 0.3) is 11.8 Å². The van der Waals surface area contributed by atoms with Crippen LogP contribution in [0.5, 0.6) is 0 Å². The summed E-state index contributed by atoms with van der Waals surface area (Å²) in [5, 5.41) is 17.2. The average molecular weight is 441 g/mol. The van der Waals surface area contributed by atoms with E-state index >= 15 is 0 Å². The molecular weight excluding hydrogens is 420 g/mol. The standard InChI is InChI=1S/C16H20N6O5S2/c1-21(2)4-7-5-28-14-10(13(24)22(14)11(7)15(25)26)19-12(23)9(20-27-3)8-6-29-16(17)18-8/h6,10,14H,4-5H2,1-3H3,(H2,17,18)(H,19,23)(H,25,26)/b20-9-/t10-,14-/m1/s1. The molecule has 1 aromatic rings. The lowest BCUT2D eigenvalue weighted by Gasteiger charge is -2.49. The Morgan fingerprint density at radius 3 is 2.79 bits per heavy atom. The molecule has 0 unspecified atom stereocenters. The van der Waals surface area contributed by atoms with Crippen LogP contribution in [-0.2, 0) is 19.2 Å². The number of nitrogens with two attached hydrogens (primary N) is 1. The van der Waals surface area contributed by atoms with Crippen LogP contribution >= 0.6 is 23.1 Å². The molecule has 11 nitrogen and oxygen atoms in total. The molecule has 0 aromatic carbocycles. The van der Waals surface area contributed by atoms with Gasteiger partial charge in [-0.1, -0.05) is 5.16 Å².